The Morgan fingerprint density at radius 1 is 1.13 bits per heavy atom. The molecule has 4 rings (SSSR count). The minimum absolute atomic E-state index is 0.105. The number of urea groups is 1. The van der Waals surface area contributed by atoms with Crippen LogP contribution in [-0.2, 0) is 24.3 Å². The van der Waals surface area contributed by atoms with Gasteiger partial charge in [0.25, 0.3) is 0 Å². The first-order valence-electron chi connectivity index (χ1n) is 11.1. The van der Waals surface area contributed by atoms with Gasteiger partial charge in [-0.3, -0.25) is 15.3 Å². The molecule has 2 aliphatic rings. The topological polar surface area (TPSA) is 105 Å². The summed E-state index contributed by atoms with van der Waals surface area (Å²) in [5.74, 6) is 0.427. The summed E-state index contributed by atoms with van der Waals surface area (Å²) < 4.78 is 0. The van der Waals surface area contributed by atoms with Crippen LogP contribution >= 0.6 is 0 Å². The Morgan fingerprint density at radius 2 is 1.90 bits per heavy atom. The maximum atomic E-state index is 12.6. The zero-order valence-corrected chi connectivity index (χ0v) is 18.0. The number of aromatic amines is 1. The van der Waals surface area contributed by atoms with Crippen LogP contribution in [-0.4, -0.2) is 46.8 Å². The second kappa shape index (κ2) is 9.82. The number of carbonyl (C=O) groups excluding carboxylic acids is 2. The molecule has 166 valence electrons. The van der Waals surface area contributed by atoms with Crippen molar-refractivity contribution in [3.05, 3.63) is 41.1 Å². The Bertz CT molecular complexity index is 903. The number of benzene rings is 1. The van der Waals surface area contributed by atoms with Gasteiger partial charge in [0, 0.05) is 37.4 Å². The normalized spacial score (nSPS) is 15.7. The van der Waals surface area contributed by atoms with E-state index in [1.54, 1.807) is 5.01 Å². The Kier molecular flexibility index (Phi) is 6.71. The van der Waals surface area contributed by atoms with E-state index in [-0.39, 0.29) is 11.9 Å². The molecule has 2 aromatic rings. The van der Waals surface area contributed by atoms with E-state index in [2.05, 4.69) is 50.2 Å². The molecule has 0 saturated carbocycles. The second-order valence-electron chi connectivity index (χ2n) is 8.19. The fourth-order valence-electron chi connectivity index (χ4n) is 4.05. The summed E-state index contributed by atoms with van der Waals surface area (Å²) in [5.41, 5.74) is 6.84. The fraction of sp³-hybridized carbons (Fsp3) is 0.500. The van der Waals surface area contributed by atoms with Gasteiger partial charge in [-0.1, -0.05) is 25.5 Å². The maximum absolute atomic E-state index is 12.6. The first kappa shape index (κ1) is 21.2. The molecule has 3 amide bonds. The SMILES string of the molecule is CCCCNC(=O)NN1Cc2[nH]nc(NC(=O)Cc3ccc(N4CCCC4)cc3)c2C1. The number of rotatable bonds is 8. The highest BCUT2D eigenvalue weighted by atomic mass is 16.2. The van der Waals surface area contributed by atoms with Crippen LogP contribution in [0.15, 0.2) is 24.3 Å². The Labute approximate surface area is 182 Å². The monoisotopic (exact) mass is 425 g/mol. The minimum atomic E-state index is -0.213. The van der Waals surface area contributed by atoms with Crippen molar-refractivity contribution in [3.8, 4) is 0 Å². The number of nitrogens with one attached hydrogen (secondary N) is 4. The number of aromatic nitrogens is 2. The molecule has 2 aliphatic heterocycles. The Balaban J connectivity index is 1.27. The molecule has 1 fully saturated rings. The summed E-state index contributed by atoms with van der Waals surface area (Å²) in [5, 5.41) is 14.8. The lowest BCUT2D eigenvalue weighted by Gasteiger charge is -2.17. The highest BCUT2D eigenvalue weighted by Gasteiger charge is 2.26. The lowest BCUT2D eigenvalue weighted by atomic mass is 10.1. The van der Waals surface area contributed by atoms with Crippen LogP contribution in [0.3, 0.4) is 0 Å². The van der Waals surface area contributed by atoms with E-state index in [0.29, 0.717) is 31.9 Å². The standard InChI is InChI=1S/C22H31N7O2/c1-2-3-10-23-22(31)27-29-14-18-19(15-29)25-26-21(18)24-20(30)13-16-6-8-17(9-7-16)28-11-4-5-12-28/h6-9H,2-5,10-15H2,1H3,(H2,23,27,31)(H2,24,25,26,30). The summed E-state index contributed by atoms with van der Waals surface area (Å²) in [4.78, 5) is 26.9. The van der Waals surface area contributed by atoms with Gasteiger partial charge in [0.2, 0.25) is 5.91 Å². The zero-order chi connectivity index (χ0) is 21.6. The molecule has 0 aliphatic carbocycles. The number of anilines is 2. The van der Waals surface area contributed by atoms with E-state index < -0.39 is 0 Å². The van der Waals surface area contributed by atoms with Crippen LogP contribution in [0.2, 0.25) is 0 Å². The van der Waals surface area contributed by atoms with Gasteiger partial charge < -0.3 is 15.5 Å². The second-order valence-corrected chi connectivity index (χ2v) is 8.19. The third-order valence-electron chi connectivity index (χ3n) is 5.76. The molecule has 1 aromatic heterocycles. The summed E-state index contributed by atoms with van der Waals surface area (Å²) in [6, 6.07) is 8.01. The van der Waals surface area contributed by atoms with Gasteiger partial charge >= 0.3 is 6.03 Å². The zero-order valence-electron chi connectivity index (χ0n) is 18.0. The number of H-pyrrole nitrogens is 1. The van der Waals surface area contributed by atoms with Gasteiger partial charge in [-0.25, -0.2) is 9.80 Å². The molecule has 0 unspecified atom stereocenters. The molecular formula is C22H31N7O2. The summed E-state index contributed by atoms with van der Waals surface area (Å²) >= 11 is 0. The molecule has 3 heterocycles. The first-order chi connectivity index (χ1) is 15.1. The Hall–Kier alpha value is -3.07. The summed E-state index contributed by atoms with van der Waals surface area (Å²) in [7, 11) is 0. The highest BCUT2D eigenvalue weighted by molar-refractivity contribution is 5.92. The number of fused-ring (bicyclic) bond motifs is 1. The van der Waals surface area contributed by atoms with E-state index >= 15 is 0 Å². The molecule has 9 nitrogen and oxygen atoms in total. The van der Waals surface area contributed by atoms with Crippen LogP contribution in [0.4, 0.5) is 16.3 Å². The lowest BCUT2D eigenvalue weighted by Crippen LogP contribution is -2.45. The molecule has 1 saturated heterocycles. The van der Waals surface area contributed by atoms with Gasteiger partial charge in [-0.2, -0.15) is 5.10 Å². The Morgan fingerprint density at radius 3 is 2.65 bits per heavy atom. The van der Waals surface area contributed by atoms with E-state index in [0.717, 1.165) is 42.8 Å². The van der Waals surface area contributed by atoms with Crippen molar-refractivity contribution in [1.29, 1.82) is 0 Å². The number of carbonyl (C=O) groups is 2. The molecule has 0 radical (unpaired) electrons. The third-order valence-corrected chi connectivity index (χ3v) is 5.76. The lowest BCUT2D eigenvalue weighted by molar-refractivity contribution is -0.115. The largest absolute Gasteiger partial charge is 0.372 e. The minimum Gasteiger partial charge on any atom is -0.372 e. The van der Waals surface area contributed by atoms with Crippen LogP contribution in [0.1, 0.15) is 49.4 Å². The van der Waals surface area contributed by atoms with Crippen molar-refractivity contribution in [2.45, 2.75) is 52.1 Å². The van der Waals surface area contributed by atoms with Crippen molar-refractivity contribution >= 4 is 23.4 Å². The van der Waals surface area contributed by atoms with Crippen LogP contribution in [0.5, 0.6) is 0 Å². The molecule has 0 bridgehead atoms. The highest BCUT2D eigenvalue weighted by Crippen LogP contribution is 2.26. The van der Waals surface area contributed by atoms with Crippen molar-refractivity contribution in [2.24, 2.45) is 0 Å². The number of hydrogen-bond acceptors (Lipinski definition) is 5. The third kappa shape index (κ3) is 5.35. The fourth-order valence-corrected chi connectivity index (χ4v) is 4.05. The number of hydrazine groups is 1. The van der Waals surface area contributed by atoms with E-state index in [1.165, 1.54) is 18.5 Å². The average molecular weight is 426 g/mol. The molecular weight excluding hydrogens is 394 g/mol. The molecule has 1 aromatic carbocycles. The van der Waals surface area contributed by atoms with Gasteiger partial charge in [-0.05, 0) is 37.0 Å². The van der Waals surface area contributed by atoms with E-state index in [9.17, 15) is 9.59 Å². The molecule has 0 atom stereocenters. The van der Waals surface area contributed by atoms with Gasteiger partial charge in [-0.15, -0.1) is 0 Å². The number of amides is 3. The van der Waals surface area contributed by atoms with Gasteiger partial charge in [0.1, 0.15) is 0 Å². The van der Waals surface area contributed by atoms with Gasteiger partial charge in [0.15, 0.2) is 5.82 Å². The molecule has 4 N–H and O–H groups in total. The maximum Gasteiger partial charge on any atom is 0.329 e. The van der Waals surface area contributed by atoms with Crippen LogP contribution in [0.25, 0.3) is 0 Å². The van der Waals surface area contributed by atoms with Crippen LogP contribution < -0.4 is 21.0 Å². The van der Waals surface area contributed by atoms with Crippen LogP contribution in [0, 0.1) is 0 Å². The van der Waals surface area contributed by atoms with Crippen molar-refractivity contribution in [2.75, 3.05) is 29.9 Å². The van der Waals surface area contributed by atoms with E-state index in [1.807, 2.05) is 12.1 Å². The predicted octanol–water partition coefficient (Wildman–Crippen LogP) is 2.52. The van der Waals surface area contributed by atoms with Crippen molar-refractivity contribution < 1.29 is 9.59 Å². The van der Waals surface area contributed by atoms with Crippen molar-refractivity contribution in [3.63, 3.8) is 0 Å². The van der Waals surface area contributed by atoms with Crippen molar-refractivity contribution in [1.82, 2.24) is 25.9 Å². The molecule has 0 spiro atoms. The summed E-state index contributed by atoms with van der Waals surface area (Å²) in [6.07, 6.45) is 4.77. The molecule has 9 heteroatoms. The predicted molar refractivity (Wildman–Crippen MR) is 119 cm³/mol. The van der Waals surface area contributed by atoms with E-state index in [4.69, 9.17) is 0 Å². The summed E-state index contributed by atoms with van der Waals surface area (Å²) in [6.45, 7) is 5.97. The number of nitrogens with zero attached hydrogens (tertiary/aromatic N) is 3. The van der Waals surface area contributed by atoms with Gasteiger partial charge in [0.05, 0.1) is 18.7 Å². The number of unbranched alkanes of at least 4 members (excludes halogenated alkanes) is 1. The first-order valence-corrected chi connectivity index (χ1v) is 11.1. The molecule has 31 heavy (non-hydrogen) atoms. The number of hydrogen-bond donors (Lipinski definition) is 4. The smallest absolute Gasteiger partial charge is 0.329 e. The average Bonchev–Trinajstić information content (AvgIpc) is 3.48. The quantitative estimate of drug-likeness (QED) is 0.487.